The molecule has 1 aromatic heterocycles. The summed E-state index contributed by atoms with van der Waals surface area (Å²) in [6.45, 7) is 17.9. The number of nitrogens with zero attached hydrogens (tertiary/aromatic N) is 2. The number of aliphatic hydroxyl groups is 1. The number of hydrogen-bond donors (Lipinski definition) is 4. The third-order valence-electron chi connectivity index (χ3n) is 10.7. The molecule has 0 saturated carbocycles. The van der Waals surface area contributed by atoms with Crippen LogP contribution in [0.25, 0.3) is 5.57 Å². The molecular formula is C40H47N5O6. The maximum absolute atomic E-state index is 14.3. The van der Waals surface area contributed by atoms with E-state index in [4.69, 9.17) is 13.9 Å². The monoisotopic (exact) mass is 693 g/mol. The lowest BCUT2D eigenvalue weighted by molar-refractivity contribution is -0.143. The van der Waals surface area contributed by atoms with Crippen molar-refractivity contribution in [2.75, 3.05) is 5.32 Å². The number of amides is 2. The van der Waals surface area contributed by atoms with E-state index < -0.39 is 46.6 Å². The number of carbonyl (C=O) groups is 2. The van der Waals surface area contributed by atoms with E-state index in [2.05, 4.69) is 47.4 Å². The van der Waals surface area contributed by atoms with Crippen LogP contribution < -0.4 is 20.7 Å². The second-order valence-electron chi connectivity index (χ2n) is 14.9. The third-order valence-corrected chi connectivity index (χ3v) is 10.7. The summed E-state index contributed by atoms with van der Waals surface area (Å²) in [6, 6.07) is 14.0. The van der Waals surface area contributed by atoms with Crippen molar-refractivity contribution < 1.29 is 28.6 Å². The Morgan fingerprint density at radius 3 is 2.53 bits per heavy atom. The number of aromatic nitrogens is 1. The van der Waals surface area contributed by atoms with E-state index in [9.17, 15) is 20.0 Å². The zero-order valence-corrected chi connectivity index (χ0v) is 30.3. The highest BCUT2D eigenvalue weighted by atomic mass is 16.5. The average molecular weight is 694 g/mol. The standard InChI is InChI=1S/C40H47N5O6/c1-9-22(4)31(35-42-25(20-41)21-49-35)33-40-26-14-12-13-15-28(26)44-37(40)51-30-17-16-24(18-27(30)40)19-29(43-36(47)39(48,10-2)11-3)34(46)45-32(23(5)50-33)38(6,7)8/h12-18,21-22,29,32,37,44,48H,5,9-11,19H2,1-4,6-8H3,(H,43,47)(H,45,46). The molecule has 3 aromatic rings. The normalized spacial score (nSPS) is 24.3. The average Bonchev–Trinajstić information content (AvgIpc) is 3.80. The molecule has 5 unspecified atom stereocenters. The fourth-order valence-electron chi connectivity index (χ4n) is 7.41. The van der Waals surface area contributed by atoms with Crippen LogP contribution in [0.4, 0.5) is 5.69 Å². The van der Waals surface area contributed by atoms with Crippen molar-refractivity contribution in [1.82, 2.24) is 15.6 Å². The summed E-state index contributed by atoms with van der Waals surface area (Å²) in [7, 11) is 0. The molecule has 0 saturated heterocycles. The Morgan fingerprint density at radius 1 is 1.16 bits per heavy atom. The molecule has 0 radical (unpaired) electrons. The molecular weight excluding hydrogens is 646 g/mol. The molecule has 2 amide bonds. The maximum Gasteiger partial charge on any atom is 0.252 e. The molecule has 6 rings (SSSR count). The van der Waals surface area contributed by atoms with Crippen LogP contribution in [0, 0.1) is 22.7 Å². The van der Waals surface area contributed by atoms with Crippen LogP contribution >= 0.6 is 0 Å². The Kier molecular flexibility index (Phi) is 9.27. The van der Waals surface area contributed by atoms with E-state index in [1.54, 1.807) is 13.8 Å². The number of nitriles is 1. The highest BCUT2D eigenvalue weighted by molar-refractivity contribution is 5.92. The highest BCUT2D eigenvalue weighted by Crippen LogP contribution is 2.60. The summed E-state index contributed by atoms with van der Waals surface area (Å²) in [5.41, 5.74) is 0.754. The predicted octanol–water partition coefficient (Wildman–Crippen LogP) is 6.09. The number of para-hydroxylation sites is 1. The maximum atomic E-state index is 14.3. The molecule has 11 nitrogen and oxygen atoms in total. The first-order valence-electron chi connectivity index (χ1n) is 17.7. The molecule has 2 bridgehead atoms. The summed E-state index contributed by atoms with van der Waals surface area (Å²) in [5, 5.41) is 30.4. The van der Waals surface area contributed by atoms with Crippen molar-refractivity contribution in [3.8, 4) is 11.8 Å². The van der Waals surface area contributed by atoms with Crippen molar-refractivity contribution >= 4 is 23.1 Å². The van der Waals surface area contributed by atoms with Crippen LogP contribution in [0.2, 0.25) is 0 Å². The van der Waals surface area contributed by atoms with Crippen LogP contribution in [0.3, 0.4) is 0 Å². The first kappa shape index (κ1) is 35.7. The number of oxazole rings is 1. The predicted molar refractivity (Wildman–Crippen MR) is 192 cm³/mol. The number of hydrogen-bond acceptors (Lipinski definition) is 9. The summed E-state index contributed by atoms with van der Waals surface area (Å²) < 4.78 is 19.9. The van der Waals surface area contributed by atoms with Gasteiger partial charge in [0.15, 0.2) is 11.9 Å². The van der Waals surface area contributed by atoms with E-state index >= 15 is 0 Å². The van der Waals surface area contributed by atoms with Gasteiger partial charge in [0.1, 0.15) is 46.7 Å². The van der Waals surface area contributed by atoms with E-state index in [1.807, 2.05) is 63.2 Å². The van der Waals surface area contributed by atoms with Gasteiger partial charge in [-0.3, -0.25) is 9.59 Å². The summed E-state index contributed by atoms with van der Waals surface area (Å²) >= 11 is 0. The number of allylic oxidation sites excluding steroid dienone is 1. The number of ether oxygens (including phenoxy) is 2. The second-order valence-corrected chi connectivity index (χ2v) is 14.9. The summed E-state index contributed by atoms with van der Waals surface area (Å²) in [4.78, 5) is 32.4. The van der Waals surface area contributed by atoms with Crippen molar-refractivity contribution in [1.29, 1.82) is 5.26 Å². The Balaban J connectivity index is 1.67. The lowest BCUT2D eigenvalue weighted by atomic mass is 9.70. The van der Waals surface area contributed by atoms with Gasteiger partial charge in [-0.2, -0.15) is 10.2 Å². The zero-order chi connectivity index (χ0) is 36.9. The number of fused-ring (bicyclic) bond motifs is 2. The van der Waals surface area contributed by atoms with Gasteiger partial charge in [0.2, 0.25) is 11.8 Å². The Labute approximate surface area is 299 Å². The first-order chi connectivity index (χ1) is 24.2. The molecule has 268 valence electrons. The smallest absolute Gasteiger partial charge is 0.252 e. The molecule has 4 heterocycles. The molecule has 3 aliphatic rings. The quantitative estimate of drug-likeness (QED) is 0.230. The molecule has 0 fully saturated rings. The summed E-state index contributed by atoms with van der Waals surface area (Å²) in [6.07, 6.45) is 1.89. The fourth-order valence-corrected chi connectivity index (χ4v) is 7.41. The van der Waals surface area contributed by atoms with Gasteiger partial charge >= 0.3 is 0 Å². The van der Waals surface area contributed by atoms with Crippen LogP contribution in [0.15, 0.2) is 71.2 Å². The van der Waals surface area contributed by atoms with Crippen LogP contribution in [-0.2, 0) is 26.2 Å². The lowest BCUT2D eigenvalue weighted by Gasteiger charge is -2.39. The van der Waals surface area contributed by atoms with Crippen molar-refractivity contribution in [3.63, 3.8) is 0 Å². The number of rotatable bonds is 7. The van der Waals surface area contributed by atoms with Crippen molar-refractivity contribution in [2.24, 2.45) is 11.3 Å². The van der Waals surface area contributed by atoms with Gasteiger partial charge in [0.05, 0.1) is 11.6 Å². The molecule has 0 aliphatic carbocycles. The fraction of sp³-hybridized carbons (Fsp3) is 0.450. The van der Waals surface area contributed by atoms with E-state index in [0.29, 0.717) is 23.5 Å². The molecule has 1 spiro atoms. The molecule has 5 atom stereocenters. The number of carbonyl (C=O) groups excluding carboxylic acids is 2. The minimum atomic E-state index is -1.63. The number of anilines is 1. The van der Waals surface area contributed by atoms with Gasteiger partial charge in [0, 0.05) is 17.7 Å². The van der Waals surface area contributed by atoms with Crippen molar-refractivity contribution in [2.45, 2.75) is 103 Å². The lowest BCUT2D eigenvalue weighted by Crippen LogP contribution is -2.58. The van der Waals surface area contributed by atoms with E-state index in [0.717, 1.165) is 22.4 Å². The molecule has 2 aromatic carbocycles. The Morgan fingerprint density at radius 2 is 1.88 bits per heavy atom. The summed E-state index contributed by atoms with van der Waals surface area (Å²) in [5.74, 6) is 0.367. The molecule has 3 aliphatic heterocycles. The molecule has 11 heteroatoms. The third kappa shape index (κ3) is 5.95. The number of nitrogens with one attached hydrogen (secondary N) is 3. The second kappa shape index (κ2) is 13.2. The highest BCUT2D eigenvalue weighted by Gasteiger charge is 2.61. The van der Waals surface area contributed by atoms with Gasteiger partial charge in [0.25, 0.3) is 5.91 Å². The van der Waals surface area contributed by atoms with Gasteiger partial charge in [-0.05, 0) is 53.9 Å². The van der Waals surface area contributed by atoms with Gasteiger partial charge < -0.3 is 34.9 Å². The Hall–Kier alpha value is -5.08. The molecule has 51 heavy (non-hydrogen) atoms. The largest absolute Gasteiger partial charge is 0.469 e. The molecule has 4 N–H and O–H groups in total. The van der Waals surface area contributed by atoms with E-state index in [-0.39, 0.29) is 42.5 Å². The van der Waals surface area contributed by atoms with Crippen LogP contribution in [-0.4, -0.2) is 45.8 Å². The van der Waals surface area contributed by atoms with Gasteiger partial charge in [-0.1, -0.05) is 85.4 Å². The number of benzene rings is 2. The Bertz CT molecular complexity index is 1950. The first-order valence-corrected chi connectivity index (χ1v) is 17.7. The van der Waals surface area contributed by atoms with Gasteiger partial charge in [-0.15, -0.1) is 0 Å². The zero-order valence-electron chi connectivity index (χ0n) is 30.3. The van der Waals surface area contributed by atoms with Gasteiger partial charge in [-0.25, -0.2) is 0 Å². The SMILES string of the molecule is C=C1OC(=C(c2nc(C#N)co2)C(C)CC)C23c4ccccc4NC2Oc2ccc(cc23)CC(NC(=O)C(O)(CC)CC)C(=O)NC1C(C)(C)C. The van der Waals surface area contributed by atoms with Crippen molar-refractivity contribution in [3.05, 3.63) is 95.1 Å². The van der Waals surface area contributed by atoms with Crippen LogP contribution in [0.5, 0.6) is 5.75 Å². The minimum absolute atomic E-state index is 0.133. The van der Waals surface area contributed by atoms with Crippen LogP contribution in [0.1, 0.15) is 96.0 Å². The van der Waals surface area contributed by atoms with E-state index in [1.165, 1.54) is 6.26 Å². The minimum Gasteiger partial charge on any atom is -0.469 e. The topological polar surface area (TPSA) is 159 Å².